The van der Waals surface area contributed by atoms with E-state index in [1.54, 1.807) is 7.11 Å². The second kappa shape index (κ2) is 8.77. The molecule has 92 valence electrons. The maximum absolute atomic E-state index is 8.92. The van der Waals surface area contributed by atoms with Crippen LogP contribution in [0.25, 0.3) is 0 Å². The van der Waals surface area contributed by atoms with Crippen LogP contribution in [0.15, 0.2) is 30.3 Å². The van der Waals surface area contributed by atoms with Crippen molar-refractivity contribution in [3.8, 4) is 11.8 Å². The first-order valence-electron chi connectivity index (χ1n) is 5.73. The number of hydrogen-bond donors (Lipinski definition) is 1. The highest BCUT2D eigenvalue weighted by Crippen LogP contribution is 1.95. The Kier molecular flexibility index (Phi) is 7.08. The predicted molar refractivity (Wildman–Crippen MR) is 68.7 cm³/mol. The van der Waals surface area contributed by atoms with Gasteiger partial charge in [-0.15, -0.1) is 0 Å². The van der Waals surface area contributed by atoms with Crippen LogP contribution < -0.4 is 0 Å². The molecule has 0 radical (unpaired) electrons. The van der Waals surface area contributed by atoms with Crippen molar-refractivity contribution in [1.82, 2.24) is 4.90 Å². The lowest BCUT2D eigenvalue weighted by Crippen LogP contribution is -2.30. The van der Waals surface area contributed by atoms with Gasteiger partial charge in [0.25, 0.3) is 0 Å². The largest absolute Gasteiger partial charge is 0.395 e. The molecule has 0 spiro atoms. The summed E-state index contributed by atoms with van der Waals surface area (Å²) in [5, 5.41) is 8.92. The molecule has 0 bridgehead atoms. The van der Waals surface area contributed by atoms with Crippen LogP contribution in [0.1, 0.15) is 5.56 Å². The molecule has 0 fully saturated rings. The van der Waals surface area contributed by atoms with Gasteiger partial charge in [-0.25, -0.2) is 0 Å². The van der Waals surface area contributed by atoms with Crippen LogP contribution in [-0.4, -0.2) is 50.0 Å². The summed E-state index contributed by atoms with van der Waals surface area (Å²) in [6, 6.07) is 9.89. The van der Waals surface area contributed by atoms with Crippen molar-refractivity contribution in [1.29, 1.82) is 0 Å². The van der Waals surface area contributed by atoms with Crippen LogP contribution in [0.5, 0.6) is 0 Å². The molecule has 0 aliphatic heterocycles. The molecule has 0 amide bonds. The summed E-state index contributed by atoms with van der Waals surface area (Å²) in [5.41, 5.74) is 1.02. The van der Waals surface area contributed by atoms with Crippen LogP contribution in [-0.2, 0) is 4.74 Å². The summed E-state index contributed by atoms with van der Waals surface area (Å²) >= 11 is 0. The average molecular weight is 233 g/mol. The Hall–Kier alpha value is -1.34. The lowest BCUT2D eigenvalue weighted by molar-refractivity contribution is 0.139. The molecule has 0 unspecified atom stereocenters. The highest BCUT2D eigenvalue weighted by atomic mass is 16.5. The molecule has 0 atom stereocenters. The summed E-state index contributed by atoms with van der Waals surface area (Å²) in [6.45, 7) is 2.88. The second-order valence-corrected chi connectivity index (χ2v) is 3.66. The van der Waals surface area contributed by atoms with Gasteiger partial charge in [0.1, 0.15) is 0 Å². The normalized spacial score (nSPS) is 10.1. The summed E-state index contributed by atoms with van der Waals surface area (Å²) in [7, 11) is 1.67. The van der Waals surface area contributed by atoms with Crippen molar-refractivity contribution >= 4 is 0 Å². The zero-order valence-electron chi connectivity index (χ0n) is 10.2. The van der Waals surface area contributed by atoms with Crippen molar-refractivity contribution < 1.29 is 9.84 Å². The van der Waals surface area contributed by atoms with Gasteiger partial charge in [0.2, 0.25) is 0 Å². The molecule has 0 aromatic heterocycles. The number of methoxy groups -OCH3 is 1. The SMILES string of the molecule is COCCN(CC#Cc1ccccc1)CCO. The van der Waals surface area contributed by atoms with Gasteiger partial charge in [0, 0.05) is 25.8 Å². The molecular weight excluding hydrogens is 214 g/mol. The first-order chi connectivity index (χ1) is 8.36. The Morgan fingerprint density at radius 2 is 2.00 bits per heavy atom. The van der Waals surface area contributed by atoms with Crippen LogP contribution >= 0.6 is 0 Å². The van der Waals surface area contributed by atoms with Gasteiger partial charge >= 0.3 is 0 Å². The molecule has 1 aromatic rings. The summed E-state index contributed by atoms with van der Waals surface area (Å²) in [4.78, 5) is 2.07. The molecule has 0 aliphatic rings. The van der Waals surface area contributed by atoms with Gasteiger partial charge < -0.3 is 9.84 Å². The third-order valence-electron chi connectivity index (χ3n) is 2.34. The molecule has 1 aromatic carbocycles. The number of ether oxygens (including phenoxy) is 1. The molecule has 0 saturated carbocycles. The van der Waals surface area contributed by atoms with Crippen molar-refractivity contribution in [3.05, 3.63) is 35.9 Å². The minimum atomic E-state index is 0.150. The van der Waals surface area contributed by atoms with Crippen LogP contribution in [0.2, 0.25) is 0 Å². The molecule has 0 saturated heterocycles. The Labute approximate surface area is 103 Å². The summed E-state index contributed by atoms with van der Waals surface area (Å²) in [6.07, 6.45) is 0. The van der Waals surface area contributed by atoms with E-state index in [2.05, 4.69) is 16.7 Å². The third kappa shape index (κ3) is 6.08. The van der Waals surface area contributed by atoms with E-state index in [9.17, 15) is 0 Å². The van der Waals surface area contributed by atoms with E-state index in [0.29, 0.717) is 19.7 Å². The number of aliphatic hydroxyl groups is 1. The van der Waals surface area contributed by atoms with Gasteiger partial charge in [-0.2, -0.15) is 0 Å². The molecule has 0 heterocycles. The van der Waals surface area contributed by atoms with Crippen LogP contribution in [0.3, 0.4) is 0 Å². The molecule has 1 N–H and O–H groups in total. The van der Waals surface area contributed by atoms with Gasteiger partial charge in [-0.3, -0.25) is 4.90 Å². The van der Waals surface area contributed by atoms with Crippen molar-refractivity contribution in [3.63, 3.8) is 0 Å². The van der Waals surface area contributed by atoms with Crippen LogP contribution in [0.4, 0.5) is 0 Å². The van der Waals surface area contributed by atoms with Crippen molar-refractivity contribution in [2.75, 3.05) is 40.0 Å². The first-order valence-corrected chi connectivity index (χ1v) is 5.73. The average Bonchev–Trinajstić information content (AvgIpc) is 2.37. The molecule has 1 rings (SSSR count). The minimum Gasteiger partial charge on any atom is -0.395 e. The second-order valence-electron chi connectivity index (χ2n) is 3.66. The third-order valence-corrected chi connectivity index (χ3v) is 2.34. The minimum absolute atomic E-state index is 0.150. The molecular formula is C14H19NO2. The molecule has 3 nitrogen and oxygen atoms in total. The maximum atomic E-state index is 8.92. The predicted octanol–water partition coefficient (Wildman–Crippen LogP) is 0.979. The van der Waals surface area contributed by atoms with Crippen molar-refractivity contribution in [2.24, 2.45) is 0 Å². The van der Waals surface area contributed by atoms with E-state index >= 15 is 0 Å². The highest BCUT2D eigenvalue weighted by molar-refractivity contribution is 5.33. The summed E-state index contributed by atoms with van der Waals surface area (Å²) in [5.74, 6) is 6.20. The Bertz CT molecular complexity index is 353. The van der Waals surface area contributed by atoms with E-state index < -0.39 is 0 Å². The fourth-order valence-corrected chi connectivity index (χ4v) is 1.41. The lowest BCUT2D eigenvalue weighted by Gasteiger charge is -2.17. The molecule has 17 heavy (non-hydrogen) atoms. The Morgan fingerprint density at radius 3 is 2.65 bits per heavy atom. The maximum Gasteiger partial charge on any atom is 0.0606 e. The molecule has 0 aliphatic carbocycles. The number of hydrogen-bond acceptors (Lipinski definition) is 3. The van der Waals surface area contributed by atoms with E-state index in [4.69, 9.17) is 9.84 Å². The Balaban J connectivity index is 2.43. The zero-order chi connectivity index (χ0) is 12.3. The quantitative estimate of drug-likeness (QED) is 0.743. The summed E-state index contributed by atoms with van der Waals surface area (Å²) < 4.78 is 5.01. The van der Waals surface area contributed by atoms with Crippen molar-refractivity contribution in [2.45, 2.75) is 0 Å². The molecule has 3 heteroatoms. The zero-order valence-corrected chi connectivity index (χ0v) is 10.2. The van der Waals surface area contributed by atoms with Gasteiger partial charge in [-0.05, 0) is 12.1 Å². The monoisotopic (exact) mass is 233 g/mol. The van der Waals surface area contributed by atoms with E-state index in [1.807, 2.05) is 30.3 Å². The topological polar surface area (TPSA) is 32.7 Å². The van der Waals surface area contributed by atoms with Gasteiger partial charge in [0.05, 0.1) is 19.8 Å². The van der Waals surface area contributed by atoms with E-state index in [-0.39, 0.29) is 6.61 Å². The number of rotatable bonds is 6. The van der Waals surface area contributed by atoms with Gasteiger partial charge in [-0.1, -0.05) is 30.0 Å². The lowest BCUT2D eigenvalue weighted by atomic mass is 10.2. The van der Waals surface area contributed by atoms with Crippen LogP contribution in [0, 0.1) is 11.8 Å². The Morgan fingerprint density at radius 1 is 1.24 bits per heavy atom. The number of nitrogens with zero attached hydrogens (tertiary/aromatic N) is 1. The fraction of sp³-hybridized carbons (Fsp3) is 0.429. The first kappa shape index (κ1) is 13.7. The number of aliphatic hydroxyl groups excluding tert-OH is 1. The van der Waals surface area contributed by atoms with E-state index in [1.165, 1.54) is 0 Å². The fourth-order valence-electron chi connectivity index (χ4n) is 1.41. The standard InChI is InChI=1S/C14H19NO2/c1-17-13-11-15(10-12-16)9-5-8-14-6-3-2-4-7-14/h2-4,6-7,16H,9-13H2,1H3. The number of benzene rings is 1. The smallest absolute Gasteiger partial charge is 0.0606 e. The van der Waals surface area contributed by atoms with E-state index in [0.717, 1.165) is 12.1 Å². The van der Waals surface area contributed by atoms with Gasteiger partial charge in [0.15, 0.2) is 0 Å². The highest BCUT2D eigenvalue weighted by Gasteiger charge is 2.00.